The van der Waals surface area contributed by atoms with Crippen molar-refractivity contribution in [1.82, 2.24) is 15.5 Å². The van der Waals surface area contributed by atoms with Crippen LogP contribution in [0.4, 0.5) is 5.69 Å². The normalized spacial score (nSPS) is 16.6. The van der Waals surface area contributed by atoms with Crippen LogP contribution >= 0.6 is 11.6 Å². The van der Waals surface area contributed by atoms with Gasteiger partial charge < -0.3 is 21.3 Å². The predicted molar refractivity (Wildman–Crippen MR) is 130 cm³/mol. The first-order valence-corrected chi connectivity index (χ1v) is 11.6. The van der Waals surface area contributed by atoms with Crippen molar-refractivity contribution in [2.75, 3.05) is 25.4 Å². The van der Waals surface area contributed by atoms with Crippen LogP contribution in [-0.4, -0.2) is 48.3 Å². The summed E-state index contributed by atoms with van der Waals surface area (Å²) in [4.78, 5) is 26.1. The van der Waals surface area contributed by atoms with Crippen molar-refractivity contribution in [2.45, 2.75) is 51.7 Å². The Balaban J connectivity index is 1.43. The quantitative estimate of drug-likeness (QED) is 0.412. The summed E-state index contributed by atoms with van der Waals surface area (Å²) in [6, 6.07) is 13.8. The monoisotopic (exact) mass is 456 g/mol. The van der Waals surface area contributed by atoms with Crippen molar-refractivity contribution in [3.05, 3.63) is 64.2 Å². The molecule has 32 heavy (non-hydrogen) atoms. The zero-order valence-electron chi connectivity index (χ0n) is 19.0. The molecule has 2 atom stereocenters. The van der Waals surface area contributed by atoms with Crippen LogP contribution in [0.5, 0.6) is 0 Å². The Morgan fingerprint density at radius 2 is 1.78 bits per heavy atom. The molecule has 1 aliphatic rings. The van der Waals surface area contributed by atoms with Crippen molar-refractivity contribution >= 4 is 29.0 Å². The van der Waals surface area contributed by atoms with Gasteiger partial charge in [-0.25, -0.2) is 0 Å². The topological polar surface area (TPSA) is 87.5 Å². The molecule has 1 saturated heterocycles. The third kappa shape index (κ3) is 6.09. The number of amides is 1. The van der Waals surface area contributed by atoms with Crippen molar-refractivity contribution in [3.63, 3.8) is 0 Å². The summed E-state index contributed by atoms with van der Waals surface area (Å²) in [5, 5.41) is 7.64. The summed E-state index contributed by atoms with van der Waals surface area (Å²) in [6.07, 6.45) is 1.79. The Morgan fingerprint density at radius 3 is 2.38 bits per heavy atom. The zero-order valence-corrected chi connectivity index (χ0v) is 19.8. The first-order valence-electron chi connectivity index (χ1n) is 11.2. The number of nitrogens with zero attached hydrogens (tertiary/aromatic N) is 1. The molecule has 172 valence electrons. The number of ketones is 1. The SMILES string of the molecule is CC(=O)c1ccc([C@H](C)N[C@@H](C)CNC2CCN(C(=O)c3c(N)cccc3Cl)CC2)cc1. The van der Waals surface area contributed by atoms with Gasteiger partial charge in [-0.05, 0) is 51.3 Å². The number of carbonyl (C=O) groups excluding carboxylic acids is 2. The third-order valence-corrected chi connectivity index (χ3v) is 6.42. The molecule has 0 aliphatic carbocycles. The van der Waals surface area contributed by atoms with Gasteiger partial charge in [-0.3, -0.25) is 9.59 Å². The summed E-state index contributed by atoms with van der Waals surface area (Å²) in [7, 11) is 0. The molecule has 4 N–H and O–H groups in total. The molecule has 1 heterocycles. The minimum Gasteiger partial charge on any atom is -0.398 e. The molecule has 1 aliphatic heterocycles. The molecule has 6 nitrogen and oxygen atoms in total. The van der Waals surface area contributed by atoms with Gasteiger partial charge >= 0.3 is 0 Å². The van der Waals surface area contributed by atoms with Crippen LogP contribution in [0.1, 0.15) is 65.9 Å². The van der Waals surface area contributed by atoms with Gasteiger partial charge in [0.25, 0.3) is 5.91 Å². The summed E-state index contributed by atoms with van der Waals surface area (Å²) in [6.45, 7) is 8.07. The maximum Gasteiger partial charge on any atom is 0.257 e. The summed E-state index contributed by atoms with van der Waals surface area (Å²) in [5.41, 5.74) is 8.70. The number of hydrogen-bond donors (Lipinski definition) is 3. The molecule has 1 amide bonds. The Labute approximate surface area is 195 Å². The van der Waals surface area contributed by atoms with Gasteiger partial charge in [0.15, 0.2) is 5.78 Å². The highest BCUT2D eigenvalue weighted by Crippen LogP contribution is 2.25. The standard InChI is InChI=1S/C25H33ClN4O2/c1-16(29-17(2)19-7-9-20(10-8-19)18(3)31)15-28-21-11-13-30(14-12-21)25(32)24-22(26)5-4-6-23(24)27/h4-10,16-17,21,28-29H,11-15,27H2,1-3H3/t16-,17-/m0/s1. The van der Waals surface area contributed by atoms with Crippen LogP contribution in [0.3, 0.4) is 0 Å². The van der Waals surface area contributed by atoms with Gasteiger partial charge in [-0.2, -0.15) is 0 Å². The lowest BCUT2D eigenvalue weighted by molar-refractivity contribution is 0.0705. The fourth-order valence-corrected chi connectivity index (χ4v) is 4.41. The highest BCUT2D eigenvalue weighted by Gasteiger charge is 2.26. The average molecular weight is 457 g/mol. The lowest BCUT2D eigenvalue weighted by Gasteiger charge is -2.33. The van der Waals surface area contributed by atoms with Crippen LogP contribution in [0.25, 0.3) is 0 Å². The van der Waals surface area contributed by atoms with E-state index in [2.05, 4.69) is 24.5 Å². The third-order valence-electron chi connectivity index (χ3n) is 6.11. The summed E-state index contributed by atoms with van der Waals surface area (Å²) < 4.78 is 0. The molecule has 0 bridgehead atoms. The second-order valence-electron chi connectivity index (χ2n) is 8.65. The van der Waals surface area contributed by atoms with E-state index in [9.17, 15) is 9.59 Å². The van der Waals surface area contributed by atoms with E-state index in [1.165, 1.54) is 0 Å². The molecule has 0 aromatic heterocycles. The Kier molecular flexibility index (Phi) is 8.29. The van der Waals surface area contributed by atoms with E-state index in [0.717, 1.165) is 30.5 Å². The van der Waals surface area contributed by atoms with Crippen molar-refractivity contribution < 1.29 is 9.59 Å². The van der Waals surface area contributed by atoms with E-state index in [1.807, 2.05) is 29.2 Å². The first-order chi connectivity index (χ1) is 15.3. The van der Waals surface area contributed by atoms with Gasteiger partial charge in [-0.1, -0.05) is 41.9 Å². The second kappa shape index (κ2) is 10.9. The fraction of sp³-hybridized carbons (Fsp3) is 0.440. The van der Waals surface area contributed by atoms with Gasteiger partial charge in [0, 0.05) is 49.0 Å². The van der Waals surface area contributed by atoms with E-state index < -0.39 is 0 Å². The number of rotatable bonds is 8. The minimum atomic E-state index is -0.0915. The lowest BCUT2D eigenvalue weighted by atomic mass is 10.0. The summed E-state index contributed by atoms with van der Waals surface area (Å²) >= 11 is 6.20. The van der Waals surface area contributed by atoms with Crippen LogP contribution in [0.2, 0.25) is 5.02 Å². The first kappa shape index (κ1) is 24.2. The smallest absolute Gasteiger partial charge is 0.257 e. The van der Waals surface area contributed by atoms with Crippen LogP contribution in [-0.2, 0) is 0 Å². The van der Waals surface area contributed by atoms with Gasteiger partial charge in [0.05, 0.1) is 10.6 Å². The lowest BCUT2D eigenvalue weighted by Crippen LogP contribution is -2.48. The number of hydrogen-bond acceptors (Lipinski definition) is 5. The van der Waals surface area contributed by atoms with Gasteiger partial charge in [0.1, 0.15) is 0 Å². The second-order valence-corrected chi connectivity index (χ2v) is 9.05. The van der Waals surface area contributed by atoms with E-state index in [4.69, 9.17) is 17.3 Å². The van der Waals surface area contributed by atoms with Gasteiger partial charge in [-0.15, -0.1) is 0 Å². The Hall–Kier alpha value is -2.41. The minimum absolute atomic E-state index is 0.0813. The number of halogens is 1. The highest BCUT2D eigenvalue weighted by molar-refractivity contribution is 6.34. The number of piperidine rings is 1. The molecule has 0 saturated carbocycles. The number of Topliss-reactive ketones (excluding diaryl/α,β-unsaturated/α-hetero) is 1. The maximum atomic E-state index is 12.8. The Morgan fingerprint density at radius 1 is 1.12 bits per heavy atom. The van der Waals surface area contributed by atoms with Gasteiger partial charge in [0.2, 0.25) is 0 Å². The van der Waals surface area contributed by atoms with Crippen molar-refractivity contribution in [3.8, 4) is 0 Å². The number of nitrogens with two attached hydrogens (primary N) is 1. The predicted octanol–water partition coefficient (Wildman–Crippen LogP) is 4.06. The summed E-state index contributed by atoms with van der Waals surface area (Å²) in [5.74, 6) is -0.0102. The molecule has 2 aromatic carbocycles. The molecular weight excluding hydrogens is 424 g/mol. The molecule has 0 spiro atoms. The van der Waals surface area contributed by atoms with E-state index in [-0.39, 0.29) is 23.8 Å². The Bertz CT molecular complexity index is 919. The van der Waals surface area contributed by atoms with Crippen molar-refractivity contribution in [2.24, 2.45) is 0 Å². The van der Waals surface area contributed by atoms with Crippen molar-refractivity contribution in [1.29, 1.82) is 0 Å². The van der Waals surface area contributed by atoms with Crippen LogP contribution in [0.15, 0.2) is 42.5 Å². The van der Waals surface area contributed by atoms with Crippen LogP contribution in [0, 0.1) is 0 Å². The zero-order chi connectivity index (χ0) is 23.3. The van der Waals surface area contributed by atoms with E-state index >= 15 is 0 Å². The number of carbonyl (C=O) groups is 2. The largest absolute Gasteiger partial charge is 0.398 e. The number of nitrogens with one attached hydrogen (secondary N) is 2. The molecule has 0 radical (unpaired) electrons. The molecule has 3 rings (SSSR count). The molecule has 7 heteroatoms. The van der Waals surface area contributed by atoms with Crippen LogP contribution < -0.4 is 16.4 Å². The molecule has 0 unspecified atom stereocenters. The van der Waals surface area contributed by atoms with E-state index in [1.54, 1.807) is 25.1 Å². The highest BCUT2D eigenvalue weighted by atomic mass is 35.5. The number of nitrogen functional groups attached to an aromatic ring is 1. The molecular formula is C25H33ClN4O2. The van der Waals surface area contributed by atoms with E-state index in [0.29, 0.717) is 35.4 Å². The average Bonchev–Trinajstić information content (AvgIpc) is 2.78. The number of anilines is 1. The number of benzene rings is 2. The maximum absolute atomic E-state index is 12.8. The number of likely N-dealkylation sites (tertiary alicyclic amines) is 1. The molecule has 1 fully saturated rings. The fourth-order valence-electron chi connectivity index (χ4n) is 4.14. The molecule has 2 aromatic rings.